The van der Waals surface area contributed by atoms with Crippen LogP contribution in [0.15, 0.2) is 60.7 Å². The molecular weight excluding hydrogens is 272 g/mol. The molecule has 0 amide bonds. The van der Waals surface area contributed by atoms with Gasteiger partial charge in [-0.1, -0.05) is 60.2 Å². The van der Waals surface area contributed by atoms with Gasteiger partial charge in [-0.3, -0.25) is 0 Å². The van der Waals surface area contributed by atoms with Crippen LogP contribution in [0.25, 0.3) is 31.3 Å². The van der Waals surface area contributed by atoms with Crippen molar-refractivity contribution in [2.24, 2.45) is 0 Å². The van der Waals surface area contributed by atoms with E-state index >= 15 is 0 Å². The van der Waals surface area contributed by atoms with Gasteiger partial charge in [-0.05, 0) is 36.6 Å². The number of thiophene rings is 1. The van der Waals surface area contributed by atoms with Crippen molar-refractivity contribution in [3.63, 3.8) is 0 Å². The molecule has 1 aromatic heterocycles. The third-order valence-corrected chi connectivity index (χ3v) is 5.31. The van der Waals surface area contributed by atoms with Crippen molar-refractivity contribution in [1.29, 1.82) is 0 Å². The van der Waals surface area contributed by atoms with Crippen LogP contribution in [0.1, 0.15) is 11.1 Å². The Bertz CT molecular complexity index is 960. The maximum atomic E-state index is 2.30. The maximum absolute atomic E-state index is 2.30. The van der Waals surface area contributed by atoms with E-state index in [1.54, 1.807) is 0 Å². The highest BCUT2D eigenvalue weighted by atomic mass is 32.1. The molecule has 0 saturated heterocycles. The Morgan fingerprint density at radius 2 is 1.52 bits per heavy atom. The molecule has 4 aromatic rings. The smallest absolute Gasteiger partial charge is 0.0433 e. The van der Waals surface area contributed by atoms with Crippen LogP contribution in [0, 0.1) is 13.8 Å². The Kier molecular flexibility index (Phi) is 2.83. The zero-order valence-electron chi connectivity index (χ0n) is 12.2. The molecule has 0 atom stereocenters. The number of benzene rings is 3. The molecule has 21 heavy (non-hydrogen) atoms. The lowest BCUT2D eigenvalue weighted by molar-refractivity contribution is 1.40. The lowest BCUT2D eigenvalue weighted by Crippen LogP contribution is -1.85. The molecule has 0 saturated carbocycles. The summed E-state index contributed by atoms with van der Waals surface area (Å²) in [7, 11) is 0. The zero-order valence-corrected chi connectivity index (χ0v) is 13.0. The van der Waals surface area contributed by atoms with Crippen molar-refractivity contribution in [1.82, 2.24) is 0 Å². The maximum Gasteiger partial charge on any atom is 0.0433 e. The summed E-state index contributed by atoms with van der Waals surface area (Å²) in [5, 5.41) is 2.73. The Labute approximate surface area is 128 Å². The second-order valence-corrected chi connectivity index (χ2v) is 6.65. The molecule has 0 spiro atoms. The van der Waals surface area contributed by atoms with Crippen LogP contribution < -0.4 is 0 Å². The van der Waals surface area contributed by atoms with Gasteiger partial charge in [0.25, 0.3) is 0 Å². The van der Waals surface area contributed by atoms with Gasteiger partial charge in [0.1, 0.15) is 0 Å². The van der Waals surface area contributed by atoms with Crippen molar-refractivity contribution in [3.8, 4) is 11.1 Å². The molecule has 0 N–H and O–H groups in total. The van der Waals surface area contributed by atoms with Gasteiger partial charge in [0, 0.05) is 20.2 Å². The Hall–Kier alpha value is -2.12. The molecule has 0 aliphatic rings. The van der Waals surface area contributed by atoms with E-state index in [-0.39, 0.29) is 0 Å². The number of rotatable bonds is 1. The van der Waals surface area contributed by atoms with E-state index in [0.29, 0.717) is 0 Å². The first-order chi connectivity index (χ1) is 10.2. The van der Waals surface area contributed by atoms with Gasteiger partial charge in [0.15, 0.2) is 0 Å². The summed E-state index contributed by atoms with van der Waals surface area (Å²) in [6.07, 6.45) is 0. The van der Waals surface area contributed by atoms with Crippen LogP contribution in [0.3, 0.4) is 0 Å². The van der Waals surface area contributed by atoms with E-state index in [0.717, 1.165) is 0 Å². The monoisotopic (exact) mass is 288 g/mol. The summed E-state index contributed by atoms with van der Waals surface area (Å²) in [6.45, 7) is 4.36. The average Bonchev–Trinajstić information content (AvgIpc) is 2.88. The first kappa shape index (κ1) is 12.6. The number of aryl methyl sites for hydroxylation is 2. The third-order valence-electron chi connectivity index (χ3n) is 4.09. The second kappa shape index (κ2) is 4.71. The fourth-order valence-electron chi connectivity index (χ4n) is 2.99. The molecule has 0 radical (unpaired) electrons. The molecule has 0 nitrogen and oxygen atoms in total. The van der Waals surface area contributed by atoms with Gasteiger partial charge in [-0.15, -0.1) is 11.3 Å². The minimum Gasteiger partial charge on any atom is -0.135 e. The topological polar surface area (TPSA) is 0 Å². The van der Waals surface area contributed by atoms with Crippen LogP contribution in [0.4, 0.5) is 0 Å². The Morgan fingerprint density at radius 1 is 0.714 bits per heavy atom. The van der Waals surface area contributed by atoms with Crippen LogP contribution in [-0.2, 0) is 0 Å². The third kappa shape index (κ3) is 1.97. The summed E-state index contributed by atoms with van der Waals surface area (Å²) in [5.41, 5.74) is 5.36. The van der Waals surface area contributed by atoms with Crippen LogP contribution in [-0.4, -0.2) is 0 Å². The van der Waals surface area contributed by atoms with Gasteiger partial charge < -0.3 is 0 Å². The molecule has 1 heteroatoms. The summed E-state index contributed by atoms with van der Waals surface area (Å²) in [4.78, 5) is 0. The summed E-state index contributed by atoms with van der Waals surface area (Å²) in [6, 6.07) is 22.1. The average molecular weight is 288 g/mol. The molecule has 0 aliphatic carbocycles. The van der Waals surface area contributed by atoms with Gasteiger partial charge in [0.05, 0.1) is 0 Å². The first-order valence-corrected chi connectivity index (χ1v) is 8.03. The predicted molar refractivity (Wildman–Crippen MR) is 94.2 cm³/mol. The number of hydrogen-bond acceptors (Lipinski definition) is 1. The molecule has 0 aliphatic heterocycles. The van der Waals surface area contributed by atoms with Gasteiger partial charge >= 0.3 is 0 Å². The van der Waals surface area contributed by atoms with E-state index in [1.807, 2.05) is 11.3 Å². The Balaban J connectivity index is 2.12. The largest absolute Gasteiger partial charge is 0.135 e. The van der Waals surface area contributed by atoms with Crippen molar-refractivity contribution in [3.05, 3.63) is 71.8 Å². The van der Waals surface area contributed by atoms with Crippen LogP contribution in [0.5, 0.6) is 0 Å². The molecule has 3 aromatic carbocycles. The Morgan fingerprint density at radius 3 is 2.43 bits per heavy atom. The fourth-order valence-corrected chi connectivity index (χ4v) is 4.22. The predicted octanol–water partition coefficient (Wildman–Crippen LogP) is 6.34. The van der Waals surface area contributed by atoms with Crippen molar-refractivity contribution >= 4 is 31.5 Å². The van der Waals surface area contributed by atoms with Crippen LogP contribution >= 0.6 is 11.3 Å². The van der Waals surface area contributed by atoms with Crippen molar-refractivity contribution < 1.29 is 0 Å². The zero-order chi connectivity index (χ0) is 14.4. The summed E-state index contributed by atoms with van der Waals surface area (Å²) in [5.74, 6) is 0. The quantitative estimate of drug-likeness (QED) is 0.383. The SMILES string of the molecule is Cc1ccc(C)c(-c2cccc3c2sc2ccccc23)c1. The minimum absolute atomic E-state index is 1.31. The normalized spacial score (nSPS) is 11.3. The highest BCUT2D eigenvalue weighted by molar-refractivity contribution is 7.26. The minimum atomic E-state index is 1.31. The number of fused-ring (bicyclic) bond motifs is 3. The summed E-state index contributed by atoms with van der Waals surface area (Å²) < 4.78 is 2.76. The van der Waals surface area contributed by atoms with Gasteiger partial charge in [-0.25, -0.2) is 0 Å². The van der Waals surface area contributed by atoms with Crippen molar-refractivity contribution in [2.45, 2.75) is 13.8 Å². The molecule has 0 fully saturated rings. The molecule has 102 valence electrons. The standard InChI is InChI=1S/C20H16S/c1-13-10-11-14(2)18(12-13)17-8-5-7-16-15-6-3-4-9-19(15)21-20(16)17/h3-12H,1-2H3. The van der Waals surface area contributed by atoms with Gasteiger partial charge in [-0.2, -0.15) is 0 Å². The van der Waals surface area contributed by atoms with E-state index in [4.69, 9.17) is 0 Å². The highest BCUT2D eigenvalue weighted by Crippen LogP contribution is 2.40. The van der Waals surface area contributed by atoms with E-state index < -0.39 is 0 Å². The lowest BCUT2D eigenvalue weighted by Gasteiger charge is -2.08. The molecule has 1 heterocycles. The lowest BCUT2D eigenvalue weighted by atomic mass is 9.97. The summed E-state index contributed by atoms with van der Waals surface area (Å²) >= 11 is 1.90. The highest BCUT2D eigenvalue weighted by Gasteiger charge is 2.11. The van der Waals surface area contributed by atoms with Crippen molar-refractivity contribution in [2.75, 3.05) is 0 Å². The second-order valence-electron chi connectivity index (χ2n) is 5.60. The first-order valence-electron chi connectivity index (χ1n) is 7.22. The van der Waals surface area contributed by atoms with E-state index in [2.05, 4.69) is 74.5 Å². The molecule has 0 unspecified atom stereocenters. The number of hydrogen-bond donors (Lipinski definition) is 0. The van der Waals surface area contributed by atoms with E-state index in [1.165, 1.54) is 42.4 Å². The van der Waals surface area contributed by atoms with Gasteiger partial charge in [0.2, 0.25) is 0 Å². The molecule has 4 rings (SSSR count). The van der Waals surface area contributed by atoms with E-state index in [9.17, 15) is 0 Å². The van der Waals surface area contributed by atoms with Crippen LogP contribution in [0.2, 0.25) is 0 Å². The molecule has 0 bridgehead atoms. The molecular formula is C20H16S. The fraction of sp³-hybridized carbons (Fsp3) is 0.100.